The highest BCUT2D eigenvalue weighted by Gasteiger charge is 2.11. The summed E-state index contributed by atoms with van der Waals surface area (Å²) in [4.78, 5) is 0. The number of ether oxygens (including phenoxy) is 1. The highest BCUT2D eigenvalue weighted by molar-refractivity contribution is 5.45. The molecule has 1 aromatic heterocycles. The molecule has 108 valence electrons. The molecule has 0 aliphatic heterocycles. The van der Waals surface area contributed by atoms with Crippen molar-refractivity contribution >= 4 is 5.69 Å². The number of nitrogens with zero attached hydrogens (tertiary/aromatic N) is 2. The maximum Gasteiger partial charge on any atom is 0.120 e. The van der Waals surface area contributed by atoms with Crippen molar-refractivity contribution in [2.45, 2.75) is 26.4 Å². The van der Waals surface area contributed by atoms with E-state index < -0.39 is 0 Å². The van der Waals surface area contributed by atoms with E-state index in [0.717, 1.165) is 23.4 Å². The van der Waals surface area contributed by atoms with Gasteiger partial charge in [0.05, 0.1) is 31.1 Å². The third-order valence-corrected chi connectivity index (χ3v) is 3.19. The van der Waals surface area contributed by atoms with Crippen LogP contribution in [0.1, 0.15) is 24.1 Å². The second kappa shape index (κ2) is 6.43. The van der Waals surface area contributed by atoms with E-state index in [0.29, 0.717) is 12.4 Å². The van der Waals surface area contributed by atoms with E-state index in [2.05, 4.69) is 10.4 Å². The molecule has 0 aliphatic carbocycles. The van der Waals surface area contributed by atoms with E-state index in [1.165, 1.54) is 0 Å². The van der Waals surface area contributed by atoms with Gasteiger partial charge in [-0.3, -0.25) is 4.68 Å². The maximum absolute atomic E-state index is 9.93. The molecule has 1 unspecified atom stereocenters. The summed E-state index contributed by atoms with van der Waals surface area (Å²) >= 11 is 0. The minimum atomic E-state index is 0.00924. The van der Waals surface area contributed by atoms with Gasteiger partial charge in [-0.1, -0.05) is 17.7 Å². The smallest absolute Gasteiger partial charge is 0.120 e. The standard InChI is InChI=1S/C15H21N3O2/c1-11-4-5-15(19)14(8-11)12(2)17-13-9-16-18(10-13)6-7-20-3/h4-5,8-10,12,17,19H,6-7H2,1-3H3. The molecule has 1 atom stereocenters. The summed E-state index contributed by atoms with van der Waals surface area (Å²) in [6.07, 6.45) is 3.71. The summed E-state index contributed by atoms with van der Waals surface area (Å²) in [5.74, 6) is 0.308. The quantitative estimate of drug-likeness (QED) is 0.851. The van der Waals surface area contributed by atoms with E-state index in [4.69, 9.17) is 4.74 Å². The number of methoxy groups -OCH3 is 1. The molecule has 5 nitrogen and oxygen atoms in total. The monoisotopic (exact) mass is 275 g/mol. The fraction of sp³-hybridized carbons (Fsp3) is 0.400. The molecule has 2 N–H and O–H groups in total. The molecule has 1 aromatic carbocycles. The van der Waals surface area contributed by atoms with Crippen LogP contribution in [0.2, 0.25) is 0 Å². The number of aromatic nitrogens is 2. The molecule has 1 heterocycles. The van der Waals surface area contributed by atoms with Gasteiger partial charge in [-0.05, 0) is 19.9 Å². The first-order chi connectivity index (χ1) is 9.60. The Morgan fingerprint density at radius 1 is 1.45 bits per heavy atom. The molecule has 2 rings (SSSR count). The zero-order chi connectivity index (χ0) is 14.5. The number of nitrogens with one attached hydrogen (secondary N) is 1. The number of phenolic OH excluding ortho intramolecular Hbond substituents is 1. The summed E-state index contributed by atoms with van der Waals surface area (Å²) in [5, 5.41) is 17.5. The van der Waals surface area contributed by atoms with Crippen LogP contribution in [0.15, 0.2) is 30.6 Å². The Balaban J connectivity index is 2.05. The zero-order valence-electron chi connectivity index (χ0n) is 12.1. The van der Waals surface area contributed by atoms with Crippen LogP contribution >= 0.6 is 0 Å². The molecular formula is C15H21N3O2. The summed E-state index contributed by atoms with van der Waals surface area (Å²) in [7, 11) is 1.67. The topological polar surface area (TPSA) is 59.3 Å². The lowest BCUT2D eigenvalue weighted by molar-refractivity contribution is 0.183. The van der Waals surface area contributed by atoms with Crippen LogP contribution in [0.3, 0.4) is 0 Å². The fourth-order valence-corrected chi connectivity index (χ4v) is 2.09. The van der Waals surface area contributed by atoms with Gasteiger partial charge in [-0.25, -0.2) is 0 Å². The molecule has 0 aliphatic rings. The Morgan fingerprint density at radius 2 is 2.25 bits per heavy atom. The Bertz CT molecular complexity index is 566. The first-order valence-electron chi connectivity index (χ1n) is 6.67. The van der Waals surface area contributed by atoms with Gasteiger partial charge in [0.15, 0.2) is 0 Å². The number of hydrogen-bond acceptors (Lipinski definition) is 4. The van der Waals surface area contributed by atoms with Crippen molar-refractivity contribution < 1.29 is 9.84 Å². The number of anilines is 1. The maximum atomic E-state index is 9.93. The lowest BCUT2D eigenvalue weighted by atomic mass is 10.0. The number of phenols is 1. The Kier molecular flexibility index (Phi) is 4.63. The molecule has 0 saturated heterocycles. The van der Waals surface area contributed by atoms with Crippen molar-refractivity contribution in [3.05, 3.63) is 41.7 Å². The van der Waals surface area contributed by atoms with Crippen molar-refractivity contribution in [1.82, 2.24) is 9.78 Å². The van der Waals surface area contributed by atoms with Gasteiger partial charge in [0.25, 0.3) is 0 Å². The van der Waals surface area contributed by atoms with E-state index >= 15 is 0 Å². The van der Waals surface area contributed by atoms with Crippen LogP contribution < -0.4 is 5.32 Å². The highest BCUT2D eigenvalue weighted by atomic mass is 16.5. The zero-order valence-corrected chi connectivity index (χ0v) is 12.1. The van der Waals surface area contributed by atoms with Gasteiger partial charge in [-0.15, -0.1) is 0 Å². The lowest BCUT2D eigenvalue weighted by Gasteiger charge is -2.16. The van der Waals surface area contributed by atoms with Crippen LogP contribution in [-0.2, 0) is 11.3 Å². The molecule has 0 radical (unpaired) electrons. The van der Waals surface area contributed by atoms with Crippen LogP contribution in [0.5, 0.6) is 5.75 Å². The van der Waals surface area contributed by atoms with Gasteiger partial charge in [-0.2, -0.15) is 5.10 Å². The number of benzene rings is 1. The largest absolute Gasteiger partial charge is 0.508 e. The number of rotatable bonds is 6. The average Bonchev–Trinajstić information content (AvgIpc) is 2.86. The normalized spacial score (nSPS) is 12.3. The minimum Gasteiger partial charge on any atom is -0.508 e. The summed E-state index contributed by atoms with van der Waals surface area (Å²) in [6, 6.07) is 5.62. The number of aromatic hydroxyl groups is 1. The molecule has 5 heteroatoms. The Labute approximate surface area is 119 Å². The van der Waals surface area contributed by atoms with E-state index in [9.17, 15) is 5.11 Å². The molecule has 0 fully saturated rings. The third kappa shape index (κ3) is 3.51. The predicted molar refractivity (Wildman–Crippen MR) is 79.0 cm³/mol. The summed E-state index contributed by atoms with van der Waals surface area (Å²) in [5.41, 5.74) is 2.94. The first kappa shape index (κ1) is 14.4. The van der Waals surface area contributed by atoms with Gasteiger partial charge >= 0.3 is 0 Å². The minimum absolute atomic E-state index is 0.00924. The van der Waals surface area contributed by atoms with Gasteiger partial charge < -0.3 is 15.2 Å². The summed E-state index contributed by atoms with van der Waals surface area (Å²) in [6.45, 7) is 5.39. The summed E-state index contributed by atoms with van der Waals surface area (Å²) < 4.78 is 6.85. The van der Waals surface area contributed by atoms with Crippen molar-refractivity contribution in [3.8, 4) is 5.75 Å². The SMILES string of the molecule is COCCn1cc(NC(C)c2cc(C)ccc2O)cn1. The number of hydrogen-bond donors (Lipinski definition) is 2. The van der Waals surface area contributed by atoms with Crippen LogP contribution in [0, 0.1) is 6.92 Å². The van der Waals surface area contributed by atoms with Crippen molar-refractivity contribution in [1.29, 1.82) is 0 Å². The molecule has 0 saturated carbocycles. The van der Waals surface area contributed by atoms with Crippen LogP contribution in [-0.4, -0.2) is 28.6 Å². The molecular weight excluding hydrogens is 254 g/mol. The van der Waals surface area contributed by atoms with E-state index in [1.54, 1.807) is 19.4 Å². The fourth-order valence-electron chi connectivity index (χ4n) is 2.09. The van der Waals surface area contributed by atoms with Crippen molar-refractivity contribution in [3.63, 3.8) is 0 Å². The number of aryl methyl sites for hydroxylation is 1. The van der Waals surface area contributed by atoms with E-state index in [1.807, 2.05) is 36.9 Å². The van der Waals surface area contributed by atoms with Gasteiger partial charge in [0.1, 0.15) is 5.75 Å². The predicted octanol–water partition coefficient (Wildman–Crippen LogP) is 2.72. The van der Waals surface area contributed by atoms with Crippen molar-refractivity contribution in [2.24, 2.45) is 0 Å². The highest BCUT2D eigenvalue weighted by Crippen LogP contribution is 2.27. The van der Waals surface area contributed by atoms with Crippen molar-refractivity contribution in [2.75, 3.05) is 19.0 Å². The van der Waals surface area contributed by atoms with E-state index in [-0.39, 0.29) is 6.04 Å². The van der Waals surface area contributed by atoms with Gasteiger partial charge in [0.2, 0.25) is 0 Å². The third-order valence-electron chi connectivity index (χ3n) is 3.19. The van der Waals surface area contributed by atoms with Crippen LogP contribution in [0.25, 0.3) is 0 Å². The van der Waals surface area contributed by atoms with Gasteiger partial charge in [0, 0.05) is 18.9 Å². The molecule has 0 spiro atoms. The molecule has 20 heavy (non-hydrogen) atoms. The average molecular weight is 275 g/mol. The Morgan fingerprint density at radius 3 is 3.00 bits per heavy atom. The molecule has 2 aromatic rings. The molecule has 0 bridgehead atoms. The van der Waals surface area contributed by atoms with Crippen LogP contribution in [0.4, 0.5) is 5.69 Å². The first-order valence-corrected chi connectivity index (χ1v) is 6.67. The molecule has 0 amide bonds. The second-order valence-corrected chi connectivity index (χ2v) is 4.91. The second-order valence-electron chi connectivity index (χ2n) is 4.91. The Hall–Kier alpha value is -2.01. The lowest BCUT2D eigenvalue weighted by Crippen LogP contribution is -2.07.